The fraction of sp³-hybridized carbons (Fsp3) is 0.364. The lowest BCUT2D eigenvalue weighted by Gasteiger charge is -2.37. The van der Waals surface area contributed by atoms with E-state index in [1.54, 1.807) is 0 Å². The number of carboxylic acid groups (broad SMARTS) is 1. The van der Waals surface area contributed by atoms with Gasteiger partial charge in [0, 0.05) is 30.1 Å². The molecule has 1 aliphatic heterocycles. The number of carbonyl (C=O) groups is 1. The van der Waals surface area contributed by atoms with Crippen LogP contribution in [0.3, 0.4) is 0 Å². The number of hydrogen-bond acceptors (Lipinski definition) is 4. The second kappa shape index (κ2) is 5.20. The Morgan fingerprint density at radius 3 is 2.53 bits per heavy atom. The molecule has 2 rings (SSSR count). The number of sulfonamides is 1. The summed E-state index contributed by atoms with van der Waals surface area (Å²) in [6, 6.07) is 3.79. The third-order valence-corrected chi connectivity index (χ3v) is 5.79. The van der Waals surface area contributed by atoms with E-state index >= 15 is 0 Å². The molecule has 0 atom stereocenters. The third-order valence-electron chi connectivity index (χ3n) is 2.98. The van der Waals surface area contributed by atoms with Crippen LogP contribution in [-0.4, -0.2) is 48.6 Å². The number of aliphatic hydroxyl groups excluding tert-OH is 1. The normalized spacial score (nSPS) is 17.2. The van der Waals surface area contributed by atoms with Crippen LogP contribution in [0, 0.1) is 5.92 Å². The number of aliphatic hydroxyl groups is 1. The van der Waals surface area contributed by atoms with Crippen molar-refractivity contribution in [1.29, 1.82) is 0 Å². The van der Waals surface area contributed by atoms with Gasteiger partial charge in [-0.25, -0.2) is 13.2 Å². The highest BCUT2D eigenvalue weighted by Crippen LogP contribution is 2.30. The number of hydrogen-bond donors (Lipinski definition) is 2. The van der Waals surface area contributed by atoms with Gasteiger partial charge >= 0.3 is 5.97 Å². The molecule has 0 aromatic heterocycles. The molecule has 1 aliphatic rings. The fourth-order valence-electron chi connectivity index (χ4n) is 1.82. The first-order valence-corrected chi connectivity index (χ1v) is 7.73. The molecule has 6 nitrogen and oxygen atoms in total. The summed E-state index contributed by atoms with van der Waals surface area (Å²) >= 11 is 3.09. The summed E-state index contributed by atoms with van der Waals surface area (Å²) < 4.78 is 26.0. The average Bonchev–Trinajstić information content (AvgIpc) is 2.26. The monoisotopic (exact) mass is 349 g/mol. The van der Waals surface area contributed by atoms with Gasteiger partial charge in [0.2, 0.25) is 10.0 Å². The summed E-state index contributed by atoms with van der Waals surface area (Å²) in [5.41, 5.74) is 0.0164. The van der Waals surface area contributed by atoms with Crippen molar-refractivity contribution in [3.63, 3.8) is 0 Å². The number of aromatic carboxylic acids is 1. The van der Waals surface area contributed by atoms with Gasteiger partial charge in [-0.05, 0) is 34.1 Å². The molecule has 1 aromatic rings. The van der Waals surface area contributed by atoms with Crippen molar-refractivity contribution in [3.05, 3.63) is 28.2 Å². The summed E-state index contributed by atoms with van der Waals surface area (Å²) in [5, 5.41) is 17.7. The molecule has 0 unspecified atom stereocenters. The van der Waals surface area contributed by atoms with E-state index in [0.717, 1.165) is 0 Å². The van der Waals surface area contributed by atoms with Crippen LogP contribution in [0.25, 0.3) is 0 Å². The van der Waals surface area contributed by atoms with E-state index < -0.39 is 16.0 Å². The zero-order valence-electron chi connectivity index (χ0n) is 9.78. The van der Waals surface area contributed by atoms with E-state index in [1.165, 1.54) is 22.5 Å². The van der Waals surface area contributed by atoms with Gasteiger partial charge in [-0.1, -0.05) is 0 Å². The summed E-state index contributed by atoms with van der Waals surface area (Å²) in [6.45, 7) is 0.531. The summed E-state index contributed by atoms with van der Waals surface area (Å²) in [5.74, 6) is -1.14. The molecule has 0 amide bonds. The van der Waals surface area contributed by atoms with Crippen molar-refractivity contribution in [3.8, 4) is 0 Å². The lowest BCUT2D eigenvalue weighted by Crippen LogP contribution is -2.51. The molecule has 1 saturated heterocycles. The van der Waals surface area contributed by atoms with Gasteiger partial charge in [0.05, 0.1) is 10.5 Å². The number of halogens is 1. The predicted octanol–water partition coefficient (Wildman–Crippen LogP) is 0.760. The van der Waals surface area contributed by atoms with E-state index in [1.807, 2.05) is 0 Å². The van der Waals surface area contributed by atoms with Gasteiger partial charge in [0.25, 0.3) is 0 Å². The van der Waals surface area contributed by atoms with Crippen LogP contribution >= 0.6 is 15.9 Å². The van der Waals surface area contributed by atoms with E-state index in [-0.39, 0.29) is 40.5 Å². The largest absolute Gasteiger partial charge is 0.478 e. The smallest absolute Gasteiger partial charge is 0.335 e. The maximum Gasteiger partial charge on any atom is 0.335 e. The quantitative estimate of drug-likeness (QED) is 0.836. The molecule has 104 valence electrons. The SMILES string of the molecule is O=C(O)c1ccc(S(=O)(=O)N2CC(CO)C2)c(Br)c1. The Bertz CT molecular complexity index is 610. The van der Waals surface area contributed by atoms with Gasteiger partial charge < -0.3 is 10.2 Å². The Hall–Kier alpha value is -0.960. The topological polar surface area (TPSA) is 94.9 Å². The molecular weight excluding hydrogens is 338 g/mol. The zero-order chi connectivity index (χ0) is 14.2. The molecule has 0 aliphatic carbocycles. The first-order valence-electron chi connectivity index (χ1n) is 5.50. The molecule has 19 heavy (non-hydrogen) atoms. The van der Waals surface area contributed by atoms with Crippen LogP contribution in [0.4, 0.5) is 0 Å². The molecular formula is C11H12BrNO5S. The minimum atomic E-state index is -3.64. The summed E-state index contributed by atoms with van der Waals surface area (Å²) in [4.78, 5) is 10.8. The summed E-state index contributed by atoms with van der Waals surface area (Å²) in [6.07, 6.45) is 0. The van der Waals surface area contributed by atoms with Crippen LogP contribution < -0.4 is 0 Å². The highest BCUT2D eigenvalue weighted by Gasteiger charge is 2.37. The van der Waals surface area contributed by atoms with Gasteiger partial charge in [-0.15, -0.1) is 0 Å². The highest BCUT2D eigenvalue weighted by atomic mass is 79.9. The lowest BCUT2D eigenvalue weighted by molar-refractivity contribution is 0.0696. The van der Waals surface area contributed by atoms with Gasteiger partial charge in [0.15, 0.2) is 0 Å². The molecule has 2 N–H and O–H groups in total. The molecule has 0 saturated carbocycles. The third kappa shape index (κ3) is 2.66. The highest BCUT2D eigenvalue weighted by molar-refractivity contribution is 9.10. The molecule has 8 heteroatoms. The van der Waals surface area contributed by atoms with Crippen molar-refractivity contribution in [2.75, 3.05) is 19.7 Å². The summed E-state index contributed by atoms with van der Waals surface area (Å²) in [7, 11) is -3.64. The molecule has 1 heterocycles. The second-order valence-electron chi connectivity index (χ2n) is 4.32. The minimum Gasteiger partial charge on any atom is -0.478 e. The molecule has 1 fully saturated rings. The number of carboxylic acids is 1. The molecule has 0 radical (unpaired) electrons. The van der Waals surface area contributed by atoms with Gasteiger partial charge in [0.1, 0.15) is 0 Å². The number of benzene rings is 1. The van der Waals surface area contributed by atoms with Crippen molar-refractivity contribution < 1.29 is 23.4 Å². The van der Waals surface area contributed by atoms with E-state index in [0.29, 0.717) is 0 Å². The van der Waals surface area contributed by atoms with Crippen molar-refractivity contribution in [1.82, 2.24) is 4.31 Å². The van der Waals surface area contributed by atoms with Crippen LogP contribution in [-0.2, 0) is 10.0 Å². The molecule has 0 bridgehead atoms. The maximum absolute atomic E-state index is 12.2. The number of nitrogens with zero attached hydrogens (tertiary/aromatic N) is 1. The average molecular weight is 350 g/mol. The maximum atomic E-state index is 12.2. The van der Waals surface area contributed by atoms with Gasteiger partial charge in [-0.3, -0.25) is 0 Å². The Kier molecular flexibility index (Phi) is 3.95. The van der Waals surface area contributed by atoms with E-state index in [9.17, 15) is 13.2 Å². The molecule has 1 aromatic carbocycles. The van der Waals surface area contributed by atoms with Crippen LogP contribution in [0.2, 0.25) is 0 Å². The first kappa shape index (κ1) is 14.4. The fourth-order valence-corrected chi connectivity index (χ4v) is 4.45. The second-order valence-corrected chi connectivity index (χ2v) is 7.08. The Balaban J connectivity index is 2.29. The van der Waals surface area contributed by atoms with Crippen molar-refractivity contribution in [2.45, 2.75) is 4.90 Å². The standard InChI is InChI=1S/C11H12BrNO5S/c12-9-3-8(11(15)16)1-2-10(9)19(17,18)13-4-7(5-13)6-14/h1-3,7,14H,4-6H2,(H,15,16). The first-order chi connectivity index (χ1) is 8.86. The van der Waals surface area contributed by atoms with Crippen LogP contribution in [0.15, 0.2) is 27.6 Å². The minimum absolute atomic E-state index is 0.0164. The Labute approximate surface area is 118 Å². The predicted molar refractivity (Wildman–Crippen MR) is 70.4 cm³/mol. The molecule has 0 spiro atoms. The Morgan fingerprint density at radius 1 is 1.42 bits per heavy atom. The Morgan fingerprint density at radius 2 is 2.05 bits per heavy atom. The van der Waals surface area contributed by atoms with Crippen LogP contribution in [0.5, 0.6) is 0 Å². The van der Waals surface area contributed by atoms with Crippen molar-refractivity contribution in [2.24, 2.45) is 5.92 Å². The number of rotatable bonds is 4. The van der Waals surface area contributed by atoms with Crippen LogP contribution in [0.1, 0.15) is 10.4 Å². The van der Waals surface area contributed by atoms with E-state index in [4.69, 9.17) is 10.2 Å². The van der Waals surface area contributed by atoms with Gasteiger partial charge in [-0.2, -0.15) is 4.31 Å². The van der Waals surface area contributed by atoms with E-state index in [2.05, 4.69) is 15.9 Å². The zero-order valence-corrected chi connectivity index (χ0v) is 12.2. The lowest BCUT2D eigenvalue weighted by atomic mass is 10.1. The van der Waals surface area contributed by atoms with Crippen molar-refractivity contribution >= 4 is 31.9 Å².